The van der Waals surface area contributed by atoms with E-state index in [0.29, 0.717) is 19.8 Å². The second kappa shape index (κ2) is 7.12. The molecule has 0 aliphatic carbocycles. The quantitative estimate of drug-likeness (QED) is 0.809. The summed E-state index contributed by atoms with van der Waals surface area (Å²) in [6, 6.07) is 7.42. The molecule has 0 saturated carbocycles. The van der Waals surface area contributed by atoms with Gasteiger partial charge < -0.3 is 19.9 Å². The number of carbonyl (C=O) groups excluding carboxylic acids is 1. The van der Waals surface area contributed by atoms with Crippen LogP contribution in [0, 0.1) is 0 Å². The molecule has 1 saturated heterocycles. The molecule has 2 rings (SSSR count). The van der Waals surface area contributed by atoms with Crippen molar-refractivity contribution in [1.29, 1.82) is 0 Å². The van der Waals surface area contributed by atoms with Crippen molar-refractivity contribution in [3.8, 4) is 11.5 Å². The Bertz CT molecular complexity index is 453. The van der Waals surface area contributed by atoms with Crippen molar-refractivity contribution in [1.82, 2.24) is 4.90 Å². The zero-order chi connectivity index (χ0) is 14.4. The number of benzene rings is 1. The Morgan fingerprint density at radius 1 is 1.50 bits per heavy atom. The monoisotopic (exact) mass is 280 g/mol. The van der Waals surface area contributed by atoms with Crippen molar-refractivity contribution in [2.75, 3.05) is 40.0 Å². The third kappa shape index (κ3) is 4.40. The highest BCUT2D eigenvalue weighted by atomic mass is 16.5. The van der Waals surface area contributed by atoms with Gasteiger partial charge in [-0.25, -0.2) is 0 Å². The number of morpholine rings is 1. The maximum atomic E-state index is 10.9. The first-order valence-corrected chi connectivity index (χ1v) is 6.56. The molecule has 1 atom stereocenters. The van der Waals surface area contributed by atoms with E-state index in [1.807, 2.05) is 29.2 Å². The van der Waals surface area contributed by atoms with Crippen LogP contribution in [-0.2, 0) is 9.53 Å². The molecule has 1 unspecified atom stereocenters. The lowest BCUT2D eigenvalue weighted by atomic mass is 10.2. The van der Waals surface area contributed by atoms with Gasteiger partial charge in [0.15, 0.2) is 0 Å². The maximum Gasteiger partial charge on any atom is 0.231 e. The van der Waals surface area contributed by atoms with Crippen molar-refractivity contribution in [2.24, 2.45) is 5.73 Å². The standard InChI is InChI=1S/C14H20N2O4/c1-18-11-3-2-4-12(7-11)20-10-13-8-16(5-6-19-13)9-14(15)17/h2-4,7,13H,5-6,8-10H2,1H3,(H2,15,17). The molecule has 6 nitrogen and oxygen atoms in total. The summed E-state index contributed by atoms with van der Waals surface area (Å²) >= 11 is 0. The van der Waals surface area contributed by atoms with Crippen LogP contribution in [0.5, 0.6) is 11.5 Å². The van der Waals surface area contributed by atoms with Crippen LogP contribution in [0.1, 0.15) is 0 Å². The highest BCUT2D eigenvalue weighted by molar-refractivity contribution is 5.75. The molecular formula is C14H20N2O4. The lowest BCUT2D eigenvalue weighted by molar-refractivity contribution is -0.121. The third-order valence-electron chi connectivity index (χ3n) is 3.08. The fourth-order valence-corrected chi connectivity index (χ4v) is 2.13. The van der Waals surface area contributed by atoms with E-state index in [4.69, 9.17) is 19.9 Å². The lowest BCUT2D eigenvalue weighted by Crippen LogP contribution is -2.47. The minimum atomic E-state index is -0.320. The van der Waals surface area contributed by atoms with E-state index in [9.17, 15) is 4.79 Å². The van der Waals surface area contributed by atoms with Crippen molar-refractivity contribution >= 4 is 5.91 Å². The molecule has 1 heterocycles. The Morgan fingerprint density at radius 2 is 2.30 bits per heavy atom. The number of ether oxygens (including phenoxy) is 3. The summed E-state index contributed by atoms with van der Waals surface area (Å²) in [6.07, 6.45) is -0.0608. The molecule has 1 amide bonds. The Balaban J connectivity index is 1.82. The fraction of sp³-hybridized carbons (Fsp3) is 0.500. The molecule has 0 bridgehead atoms. The number of hydrogen-bond donors (Lipinski definition) is 1. The molecule has 1 fully saturated rings. The molecule has 1 aromatic carbocycles. The van der Waals surface area contributed by atoms with Crippen LogP contribution in [0.25, 0.3) is 0 Å². The Labute approximate surface area is 118 Å². The molecule has 1 aliphatic heterocycles. The second-order valence-electron chi connectivity index (χ2n) is 4.68. The highest BCUT2D eigenvalue weighted by Gasteiger charge is 2.22. The Hall–Kier alpha value is -1.79. The summed E-state index contributed by atoms with van der Waals surface area (Å²) in [4.78, 5) is 12.9. The van der Waals surface area contributed by atoms with Crippen LogP contribution >= 0.6 is 0 Å². The molecule has 0 spiro atoms. The zero-order valence-corrected chi connectivity index (χ0v) is 11.6. The minimum absolute atomic E-state index is 0.0608. The van der Waals surface area contributed by atoms with Gasteiger partial charge in [0.1, 0.15) is 24.2 Å². The molecule has 0 aromatic heterocycles. The number of methoxy groups -OCH3 is 1. The number of primary amides is 1. The van der Waals surface area contributed by atoms with Crippen LogP contribution in [-0.4, -0.2) is 56.9 Å². The predicted molar refractivity (Wildman–Crippen MR) is 73.9 cm³/mol. The van der Waals surface area contributed by atoms with Crippen LogP contribution in [0.15, 0.2) is 24.3 Å². The molecular weight excluding hydrogens is 260 g/mol. The summed E-state index contributed by atoms with van der Waals surface area (Å²) in [5.74, 6) is 1.17. The predicted octanol–water partition coefficient (Wildman–Crippen LogP) is 0.260. The summed E-state index contributed by atoms with van der Waals surface area (Å²) in [6.45, 7) is 2.65. The van der Waals surface area contributed by atoms with Crippen LogP contribution < -0.4 is 15.2 Å². The molecule has 1 aromatic rings. The van der Waals surface area contributed by atoms with E-state index in [1.165, 1.54) is 0 Å². The average Bonchev–Trinajstić information content (AvgIpc) is 2.45. The smallest absolute Gasteiger partial charge is 0.231 e. The number of amides is 1. The molecule has 20 heavy (non-hydrogen) atoms. The second-order valence-corrected chi connectivity index (χ2v) is 4.68. The summed E-state index contributed by atoms with van der Waals surface area (Å²) < 4.78 is 16.4. The van der Waals surface area contributed by atoms with Gasteiger partial charge in [-0.15, -0.1) is 0 Å². The number of nitrogens with zero attached hydrogens (tertiary/aromatic N) is 1. The molecule has 2 N–H and O–H groups in total. The van der Waals surface area contributed by atoms with Crippen molar-refractivity contribution in [3.63, 3.8) is 0 Å². The topological polar surface area (TPSA) is 74.0 Å². The third-order valence-corrected chi connectivity index (χ3v) is 3.08. The molecule has 0 radical (unpaired) electrons. The summed E-state index contributed by atoms with van der Waals surface area (Å²) in [5, 5.41) is 0. The van der Waals surface area contributed by atoms with E-state index >= 15 is 0 Å². The number of rotatable bonds is 6. The molecule has 6 heteroatoms. The van der Waals surface area contributed by atoms with E-state index in [0.717, 1.165) is 18.0 Å². The summed E-state index contributed by atoms with van der Waals surface area (Å²) in [7, 11) is 1.62. The summed E-state index contributed by atoms with van der Waals surface area (Å²) in [5.41, 5.74) is 5.20. The van der Waals surface area contributed by atoms with Crippen LogP contribution in [0.4, 0.5) is 0 Å². The average molecular weight is 280 g/mol. The number of nitrogens with two attached hydrogens (primary N) is 1. The Kier molecular flexibility index (Phi) is 5.20. The SMILES string of the molecule is COc1cccc(OCC2CN(CC(N)=O)CCO2)c1. The fourth-order valence-electron chi connectivity index (χ4n) is 2.13. The van der Waals surface area contributed by atoms with Gasteiger partial charge in [-0.05, 0) is 12.1 Å². The van der Waals surface area contributed by atoms with E-state index in [1.54, 1.807) is 7.11 Å². The van der Waals surface area contributed by atoms with Gasteiger partial charge in [0.25, 0.3) is 0 Å². The van der Waals surface area contributed by atoms with Crippen molar-refractivity contribution in [2.45, 2.75) is 6.10 Å². The first-order chi connectivity index (χ1) is 9.67. The first-order valence-electron chi connectivity index (χ1n) is 6.56. The largest absolute Gasteiger partial charge is 0.497 e. The lowest BCUT2D eigenvalue weighted by Gasteiger charge is -2.31. The van der Waals surface area contributed by atoms with E-state index in [-0.39, 0.29) is 18.6 Å². The van der Waals surface area contributed by atoms with Gasteiger partial charge in [0.05, 0.1) is 20.3 Å². The van der Waals surface area contributed by atoms with Gasteiger partial charge in [0.2, 0.25) is 5.91 Å². The number of hydrogen-bond acceptors (Lipinski definition) is 5. The number of carbonyl (C=O) groups is 1. The Morgan fingerprint density at radius 3 is 3.05 bits per heavy atom. The maximum absolute atomic E-state index is 10.9. The van der Waals surface area contributed by atoms with Gasteiger partial charge in [0, 0.05) is 19.2 Å². The van der Waals surface area contributed by atoms with Crippen molar-refractivity contribution < 1.29 is 19.0 Å². The normalized spacial score (nSPS) is 19.6. The van der Waals surface area contributed by atoms with Crippen LogP contribution in [0.3, 0.4) is 0 Å². The van der Waals surface area contributed by atoms with E-state index in [2.05, 4.69) is 0 Å². The van der Waals surface area contributed by atoms with Gasteiger partial charge in [-0.2, -0.15) is 0 Å². The zero-order valence-electron chi connectivity index (χ0n) is 11.6. The van der Waals surface area contributed by atoms with Crippen LogP contribution in [0.2, 0.25) is 0 Å². The minimum Gasteiger partial charge on any atom is -0.497 e. The molecule has 1 aliphatic rings. The van der Waals surface area contributed by atoms with Gasteiger partial charge >= 0.3 is 0 Å². The molecule has 110 valence electrons. The van der Waals surface area contributed by atoms with Crippen molar-refractivity contribution in [3.05, 3.63) is 24.3 Å². The van der Waals surface area contributed by atoms with Gasteiger partial charge in [-0.1, -0.05) is 6.07 Å². The van der Waals surface area contributed by atoms with Gasteiger partial charge in [-0.3, -0.25) is 9.69 Å². The highest BCUT2D eigenvalue weighted by Crippen LogP contribution is 2.19. The van der Waals surface area contributed by atoms with E-state index < -0.39 is 0 Å². The first kappa shape index (κ1) is 14.6.